The highest BCUT2D eigenvalue weighted by molar-refractivity contribution is 5.93. The quantitative estimate of drug-likeness (QED) is 0.855. The van der Waals surface area contributed by atoms with Crippen molar-refractivity contribution in [1.82, 2.24) is 14.9 Å². The van der Waals surface area contributed by atoms with Crippen LogP contribution in [0, 0.1) is 0 Å². The molecule has 1 saturated heterocycles. The van der Waals surface area contributed by atoms with Gasteiger partial charge < -0.3 is 15.0 Å². The van der Waals surface area contributed by atoms with E-state index in [9.17, 15) is 4.79 Å². The highest BCUT2D eigenvalue weighted by Gasteiger charge is 2.20. The van der Waals surface area contributed by atoms with Crippen LogP contribution in [-0.2, 0) is 4.79 Å². The predicted molar refractivity (Wildman–Crippen MR) is 102 cm³/mol. The number of hydrogen-bond acceptors (Lipinski definition) is 6. The number of para-hydroxylation sites is 2. The van der Waals surface area contributed by atoms with Crippen LogP contribution >= 0.6 is 0 Å². The molecule has 0 unspecified atom stereocenters. The van der Waals surface area contributed by atoms with Gasteiger partial charge >= 0.3 is 0 Å². The lowest BCUT2D eigenvalue weighted by Gasteiger charge is -2.34. The summed E-state index contributed by atoms with van der Waals surface area (Å²) in [4.78, 5) is 25.3. The number of nitrogens with one attached hydrogen (secondary N) is 1. The Balaban J connectivity index is 1.51. The number of benzene rings is 1. The predicted octanol–water partition coefficient (Wildman–Crippen LogP) is 2.02. The topological polar surface area (TPSA) is 70.6 Å². The monoisotopic (exact) mass is 355 g/mol. The summed E-state index contributed by atoms with van der Waals surface area (Å²) >= 11 is 0. The molecule has 7 nitrogen and oxygen atoms in total. The minimum atomic E-state index is -0.0331. The van der Waals surface area contributed by atoms with Gasteiger partial charge in [-0.05, 0) is 32.0 Å². The number of ether oxygens (including phenoxy) is 1. The Morgan fingerprint density at radius 2 is 1.81 bits per heavy atom. The molecule has 7 heteroatoms. The smallest absolute Gasteiger partial charge is 0.238 e. The Morgan fingerprint density at radius 1 is 1.12 bits per heavy atom. The Morgan fingerprint density at radius 3 is 2.50 bits per heavy atom. The zero-order chi connectivity index (χ0) is 18.4. The van der Waals surface area contributed by atoms with Crippen LogP contribution in [0.4, 0.5) is 11.6 Å². The number of rotatable bonds is 6. The molecule has 1 fully saturated rings. The number of carbonyl (C=O) groups excluding carboxylic acids is 1. The standard InChI is InChI=1S/C19H25N5O2/c1-15(2)26-17-7-4-3-6-16(17)22-18(25)14-23-10-12-24(13-11-23)19-20-8-5-9-21-19/h3-9,15H,10-14H2,1-2H3,(H,22,25). The largest absolute Gasteiger partial charge is 0.489 e. The Labute approximate surface area is 154 Å². The van der Waals surface area contributed by atoms with E-state index in [0.717, 1.165) is 32.1 Å². The normalized spacial score (nSPS) is 15.1. The van der Waals surface area contributed by atoms with Crippen molar-refractivity contribution < 1.29 is 9.53 Å². The highest BCUT2D eigenvalue weighted by atomic mass is 16.5. The lowest BCUT2D eigenvalue weighted by molar-refractivity contribution is -0.117. The summed E-state index contributed by atoms with van der Waals surface area (Å²) in [5, 5.41) is 2.96. The summed E-state index contributed by atoms with van der Waals surface area (Å²) in [7, 11) is 0. The molecule has 2 aromatic rings. The second-order valence-corrected chi connectivity index (χ2v) is 6.52. The number of hydrogen-bond donors (Lipinski definition) is 1. The lowest BCUT2D eigenvalue weighted by atomic mass is 10.2. The molecule has 0 aliphatic carbocycles. The number of piperazine rings is 1. The van der Waals surface area contributed by atoms with E-state index in [1.54, 1.807) is 12.4 Å². The first-order chi connectivity index (χ1) is 12.6. The average molecular weight is 355 g/mol. The van der Waals surface area contributed by atoms with Gasteiger partial charge in [-0.15, -0.1) is 0 Å². The first-order valence-corrected chi connectivity index (χ1v) is 8.91. The third-order valence-electron chi connectivity index (χ3n) is 4.10. The van der Waals surface area contributed by atoms with Crippen molar-refractivity contribution in [2.45, 2.75) is 20.0 Å². The zero-order valence-electron chi connectivity index (χ0n) is 15.3. The molecule has 1 N–H and O–H groups in total. The van der Waals surface area contributed by atoms with Crippen molar-refractivity contribution in [2.24, 2.45) is 0 Å². The molecule has 1 aliphatic rings. The molecular formula is C19H25N5O2. The summed E-state index contributed by atoms with van der Waals surface area (Å²) in [6.07, 6.45) is 3.55. The molecular weight excluding hydrogens is 330 g/mol. The molecule has 0 atom stereocenters. The van der Waals surface area contributed by atoms with E-state index >= 15 is 0 Å². The first-order valence-electron chi connectivity index (χ1n) is 8.91. The maximum atomic E-state index is 12.4. The lowest BCUT2D eigenvalue weighted by Crippen LogP contribution is -2.49. The fourth-order valence-corrected chi connectivity index (χ4v) is 2.88. The van der Waals surface area contributed by atoms with E-state index in [1.165, 1.54) is 0 Å². The molecule has 1 amide bonds. The summed E-state index contributed by atoms with van der Waals surface area (Å²) in [5.41, 5.74) is 0.711. The molecule has 138 valence electrons. The second-order valence-electron chi connectivity index (χ2n) is 6.52. The second kappa shape index (κ2) is 8.62. The molecule has 1 aliphatic heterocycles. The van der Waals surface area contributed by atoms with Crippen molar-refractivity contribution in [3.63, 3.8) is 0 Å². The zero-order valence-corrected chi connectivity index (χ0v) is 15.3. The van der Waals surface area contributed by atoms with E-state index in [2.05, 4.69) is 25.1 Å². The van der Waals surface area contributed by atoms with Crippen LogP contribution < -0.4 is 15.0 Å². The molecule has 0 bridgehead atoms. The van der Waals surface area contributed by atoms with E-state index in [1.807, 2.05) is 44.2 Å². The van der Waals surface area contributed by atoms with Crippen LogP contribution in [-0.4, -0.2) is 59.6 Å². The van der Waals surface area contributed by atoms with E-state index in [4.69, 9.17) is 4.74 Å². The average Bonchev–Trinajstić information content (AvgIpc) is 2.64. The highest BCUT2D eigenvalue weighted by Crippen LogP contribution is 2.24. The summed E-state index contributed by atoms with van der Waals surface area (Å²) in [5.74, 6) is 1.41. The Hall–Kier alpha value is -2.67. The van der Waals surface area contributed by atoms with Crippen molar-refractivity contribution in [3.05, 3.63) is 42.7 Å². The van der Waals surface area contributed by atoms with Crippen molar-refractivity contribution in [3.8, 4) is 5.75 Å². The molecule has 1 aromatic carbocycles. The number of aromatic nitrogens is 2. The molecule has 0 radical (unpaired) electrons. The first kappa shape index (κ1) is 18.1. The van der Waals surface area contributed by atoms with Crippen LogP contribution in [0.3, 0.4) is 0 Å². The van der Waals surface area contributed by atoms with Crippen LogP contribution in [0.15, 0.2) is 42.7 Å². The van der Waals surface area contributed by atoms with Gasteiger partial charge in [0.15, 0.2) is 0 Å². The van der Waals surface area contributed by atoms with Gasteiger partial charge in [0.2, 0.25) is 11.9 Å². The van der Waals surface area contributed by atoms with Gasteiger partial charge in [0.25, 0.3) is 0 Å². The molecule has 0 saturated carbocycles. The van der Waals surface area contributed by atoms with Gasteiger partial charge in [-0.1, -0.05) is 12.1 Å². The summed E-state index contributed by atoms with van der Waals surface area (Å²) < 4.78 is 5.75. The molecule has 3 rings (SSSR count). The van der Waals surface area contributed by atoms with Crippen LogP contribution in [0.1, 0.15) is 13.8 Å². The van der Waals surface area contributed by atoms with Crippen LogP contribution in [0.2, 0.25) is 0 Å². The van der Waals surface area contributed by atoms with Crippen LogP contribution in [0.25, 0.3) is 0 Å². The SMILES string of the molecule is CC(C)Oc1ccccc1NC(=O)CN1CCN(c2ncccn2)CC1. The third-order valence-corrected chi connectivity index (χ3v) is 4.10. The maximum Gasteiger partial charge on any atom is 0.238 e. The molecule has 2 heterocycles. The number of carbonyl (C=O) groups is 1. The fourth-order valence-electron chi connectivity index (χ4n) is 2.88. The van der Waals surface area contributed by atoms with Gasteiger partial charge in [-0.3, -0.25) is 9.69 Å². The number of nitrogens with zero attached hydrogens (tertiary/aromatic N) is 4. The third kappa shape index (κ3) is 4.92. The molecule has 26 heavy (non-hydrogen) atoms. The van der Waals surface area contributed by atoms with Crippen LogP contribution in [0.5, 0.6) is 5.75 Å². The summed E-state index contributed by atoms with van der Waals surface area (Å²) in [6.45, 7) is 7.52. The van der Waals surface area contributed by atoms with Gasteiger partial charge in [0, 0.05) is 38.6 Å². The maximum absolute atomic E-state index is 12.4. The Kier molecular flexibility index (Phi) is 6.01. The van der Waals surface area contributed by atoms with E-state index < -0.39 is 0 Å². The molecule has 1 aromatic heterocycles. The van der Waals surface area contributed by atoms with Crippen molar-refractivity contribution >= 4 is 17.5 Å². The van der Waals surface area contributed by atoms with E-state index in [0.29, 0.717) is 18.0 Å². The minimum Gasteiger partial charge on any atom is -0.489 e. The molecule has 0 spiro atoms. The number of anilines is 2. The Bertz CT molecular complexity index is 715. The van der Waals surface area contributed by atoms with Gasteiger partial charge in [0.05, 0.1) is 18.3 Å². The van der Waals surface area contributed by atoms with Gasteiger partial charge in [0.1, 0.15) is 5.75 Å². The van der Waals surface area contributed by atoms with Crippen molar-refractivity contribution in [2.75, 3.05) is 42.9 Å². The minimum absolute atomic E-state index is 0.0331. The van der Waals surface area contributed by atoms with E-state index in [-0.39, 0.29) is 12.0 Å². The van der Waals surface area contributed by atoms with Gasteiger partial charge in [-0.2, -0.15) is 0 Å². The van der Waals surface area contributed by atoms with Gasteiger partial charge in [-0.25, -0.2) is 9.97 Å². The number of amides is 1. The fraction of sp³-hybridized carbons (Fsp3) is 0.421. The summed E-state index contributed by atoms with van der Waals surface area (Å²) in [6, 6.07) is 9.33. The van der Waals surface area contributed by atoms with Crippen molar-refractivity contribution in [1.29, 1.82) is 0 Å².